The van der Waals surface area contributed by atoms with Crippen LogP contribution in [0, 0.1) is 0 Å². The monoisotopic (exact) mass is 260 g/mol. The van der Waals surface area contributed by atoms with Crippen molar-refractivity contribution in [3.05, 3.63) is 72.3 Å². The summed E-state index contributed by atoms with van der Waals surface area (Å²) < 4.78 is 0. The lowest BCUT2D eigenvalue weighted by Gasteiger charge is -2.21. The highest BCUT2D eigenvalue weighted by Gasteiger charge is 2.16. The van der Waals surface area contributed by atoms with E-state index in [-0.39, 0.29) is 5.41 Å². The summed E-state index contributed by atoms with van der Waals surface area (Å²) in [6.07, 6.45) is 0. The minimum atomic E-state index is 0.174. The summed E-state index contributed by atoms with van der Waals surface area (Å²) in [7, 11) is 0. The average Bonchev–Trinajstić information content (AvgIpc) is 2.46. The minimum Gasteiger partial charge on any atom is -0.0622 e. The molecular formula is C20H20. The van der Waals surface area contributed by atoms with Crippen LogP contribution in [0.3, 0.4) is 0 Å². The molecule has 0 atom stereocenters. The molecule has 0 unspecified atom stereocenters. The Morgan fingerprint density at radius 2 is 1.40 bits per heavy atom. The normalized spacial score (nSPS) is 11.8. The number of benzene rings is 3. The largest absolute Gasteiger partial charge is 0.0622 e. The fourth-order valence-corrected chi connectivity index (χ4v) is 2.75. The summed E-state index contributed by atoms with van der Waals surface area (Å²) >= 11 is 0. The van der Waals surface area contributed by atoms with Gasteiger partial charge in [0.2, 0.25) is 0 Å². The third-order valence-electron chi connectivity index (χ3n) is 3.80. The molecule has 0 fully saturated rings. The fraction of sp³-hybridized carbons (Fsp3) is 0.200. The van der Waals surface area contributed by atoms with Gasteiger partial charge in [-0.1, -0.05) is 81.4 Å². The maximum absolute atomic E-state index is 2.29. The van der Waals surface area contributed by atoms with Crippen LogP contribution in [-0.2, 0) is 5.41 Å². The zero-order valence-electron chi connectivity index (χ0n) is 12.4. The van der Waals surface area contributed by atoms with Crippen LogP contribution in [0.4, 0.5) is 0 Å². The van der Waals surface area contributed by atoms with Crippen molar-refractivity contribution >= 4 is 10.8 Å². The first-order valence-electron chi connectivity index (χ1n) is 7.14. The van der Waals surface area contributed by atoms with Crippen LogP contribution in [0.25, 0.3) is 21.9 Å². The molecule has 0 heterocycles. The van der Waals surface area contributed by atoms with Crippen LogP contribution in [0.15, 0.2) is 66.7 Å². The Morgan fingerprint density at radius 3 is 2.10 bits per heavy atom. The molecule has 0 aliphatic carbocycles. The van der Waals surface area contributed by atoms with E-state index >= 15 is 0 Å². The molecule has 0 nitrogen and oxygen atoms in total. The maximum Gasteiger partial charge on any atom is -0.0126 e. The lowest BCUT2D eigenvalue weighted by Crippen LogP contribution is -2.11. The lowest BCUT2D eigenvalue weighted by atomic mass is 9.83. The molecule has 20 heavy (non-hydrogen) atoms. The van der Waals surface area contributed by atoms with Crippen molar-refractivity contribution in [3.63, 3.8) is 0 Å². The molecule has 0 radical (unpaired) electrons. The molecule has 0 aromatic heterocycles. The molecule has 0 amide bonds. The van der Waals surface area contributed by atoms with Crippen LogP contribution in [0.1, 0.15) is 26.3 Å². The van der Waals surface area contributed by atoms with Gasteiger partial charge in [0.1, 0.15) is 0 Å². The molecule has 0 aliphatic rings. The van der Waals surface area contributed by atoms with E-state index < -0.39 is 0 Å². The summed E-state index contributed by atoms with van der Waals surface area (Å²) in [5.41, 5.74) is 4.14. The smallest absolute Gasteiger partial charge is 0.0126 e. The molecule has 0 N–H and O–H groups in total. The number of rotatable bonds is 1. The molecule has 3 aromatic carbocycles. The summed E-state index contributed by atoms with van der Waals surface area (Å²) in [6.45, 7) is 6.81. The Morgan fingerprint density at radius 1 is 0.650 bits per heavy atom. The molecular weight excluding hydrogens is 240 g/mol. The first-order chi connectivity index (χ1) is 9.55. The van der Waals surface area contributed by atoms with E-state index in [0.717, 1.165) is 0 Å². The van der Waals surface area contributed by atoms with Gasteiger partial charge in [-0.25, -0.2) is 0 Å². The topological polar surface area (TPSA) is 0 Å². The van der Waals surface area contributed by atoms with Crippen molar-refractivity contribution in [3.8, 4) is 11.1 Å². The Bertz CT molecular complexity index is 731. The molecule has 3 aromatic rings. The number of hydrogen-bond acceptors (Lipinski definition) is 0. The average molecular weight is 260 g/mol. The maximum atomic E-state index is 2.29. The quantitative estimate of drug-likeness (QED) is 0.518. The van der Waals surface area contributed by atoms with E-state index in [0.29, 0.717) is 0 Å². The number of hydrogen-bond donors (Lipinski definition) is 0. The first kappa shape index (κ1) is 12.9. The number of fused-ring (bicyclic) bond motifs is 1. The molecule has 0 saturated carbocycles. The van der Waals surface area contributed by atoms with Gasteiger partial charge in [0.05, 0.1) is 0 Å². The zero-order chi connectivity index (χ0) is 14.2. The standard InChI is InChI=1S/C20H20/c1-20(2,3)19-11-7-10-17-14-16(12-13-18(17)19)15-8-5-4-6-9-15/h4-14H,1-3H3. The molecule has 100 valence electrons. The van der Waals surface area contributed by atoms with Crippen molar-refractivity contribution in [2.75, 3.05) is 0 Å². The van der Waals surface area contributed by atoms with Crippen molar-refractivity contribution in [2.24, 2.45) is 0 Å². The van der Waals surface area contributed by atoms with Gasteiger partial charge in [0.15, 0.2) is 0 Å². The summed E-state index contributed by atoms with van der Waals surface area (Å²) in [5, 5.41) is 2.68. The summed E-state index contributed by atoms with van der Waals surface area (Å²) in [4.78, 5) is 0. The van der Waals surface area contributed by atoms with E-state index in [2.05, 4.69) is 87.5 Å². The highest BCUT2D eigenvalue weighted by Crippen LogP contribution is 2.32. The Kier molecular flexibility index (Phi) is 3.10. The molecule has 0 bridgehead atoms. The van der Waals surface area contributed by atoms with Crippen LogP contribution in [-0.4, -0.2) is 0 Å². The highest BCUT2D eigenvalue weighted by atomic mass is 14.2. The van der Waals surface area contributed by atoms with Crippen LogP contribution in [0.2, 0.25) is 0 Å². The predicted molar refractivity (Wildman–Crippen MR) is 88.1 cm³/mol. The second-order valence-electron chi connectivity index (χ2n) is 6.36. The van der Waals surface area contributed by atoms with Crippen molar-refractivity contribution in [1.82, 2.24) is 0 Å². The molecule has 0 spiro atoms. The van der Waals surface area contributed by atoms with Crippen molar-refractivity contribution < 1.29 is 0 Å². The minimum absolute atomic E-state index is 0.174. The van der Waals surface area contributed by atoms with Gasteiger partial charge in [-0.2, -0.15) is 0 Å². The van der Waals surface area contributed by atoms with Gasteiger partial charge in [0.25, 0.3) is 0 Å². The van der Waals surface area contributed by atoms with E-state index in [1.54, 1.807) is 0 Å². The molecule has 0 saturated heterocycles. The van der Waals surface area contributed by atoms with Gasteiger partial charge in [-0.15, -0.1) is 0 Å². The lowest BCUT2D eigenvalue weighted by molar-refractivity contribution is 0.596. The van der Waals surface area contributed by atoms with Crippen LogP contribution < -0.4 is 0 Å². The zero-order valence-corrected chi connectivity index (χ0v) is 12.4. The summed E-state index contributed by atoms with van der Waals surface area (Å²) in [5.74, 6) is 0. The van der Waals surface area contributed by atoms with Gasteiger partial charge in [-0.3, -0.25) is 0 Å². The van der Waals surface area contributed by atoms with Gasteiger partial charge in [0, 0.05) is 0 Å². The van der Waals surface area contributed by atoms with E-state index in [1.807, 2.05) is 0 Å². The van der Waals surface area contributed by atoms with Crippen molar-refractivity contribution in [2.45, 2.75) is 26.2 Å². The second kappa shape index (κ2) is 4.79. The second-order valence-corrected chi connectivity index (χ2v) is 6.36. The Balaban J connectivity index is 2.19. The third kappa shape index (κ3) is 2.34. The van der Waals surface area contributed by atoms with E-state index in [1.165, 1.54) is 27.5 Å². The van der Waals surface area contributed by atoms with Crippen molar-refractivity contribution in [1.29, 1.82) is 0 Å². The molecule has 0 heteroatoms. The molecule has 0 aliphatic heterocycles. The van der Waals surface area contributed by atoms with E-state index in [9.17, 15) is 0 Å². The van der Waals surface area contributed by atoms with E-state index in [4.69, 9.17) is 0 Å². The summed E-state index contributed by atoms with van der Waals surface area (Å²) in [6, 6.07) is 24.0. The van der Waals surface area contributed by atoms with Gasteiger partial charge in [-0.05, 0) is 38.9 Å². The fourth-order valence-electron chi connectivity index (χ4n) is 2.75. The predicted octanol–water partition coefficient (Wildman–Crippen LogP) is 5.80. The van der Waals surface area contributed by atoms with Gasteiger partial charge < -0.3 is 0 Å². The molecule has 3 rings (SSSR count). The Labute approximate surface area is 121 Å². The highest BCUT2D eigenvalue weighted by molar-refractivity contribution is 5.90. The van der Waals surface area contributed by atoms with Gasteiger partial charge >= 0.3 is 0 Å². The first-order valence-corrected chi connectivity index (χ1v) is 7.14. The van der Waals surface area contributed by atoms with Crippen LogP contribution >= 0.6 is 0 Å². The SMILES string of the molecule is CC(C)(C)c1cccc2cc(-c3ccccc3)ccc12. The van der Waals surface area contributed by atoms with Crippen LogP contribution in [0.5, 0.6) is 0 Å². The third-order valence-corrected chi connectivity index (χ3v) is 3.80. The Hall–Kier alpha value is -2.08.